The van der Waals surface area contributed by atoms with E-state index >= 15 is 0 Å². The Morgan fingerprint density at radius 2 is 2.17 bits per heavy atom. The van der Waals surface area contributed by atoms with Gasteiger partial charge in [-0.2, -0.15) is 5.10 Å². The van der Waals surface area contributed by atoms with E-state index < -0.39 is 0 Å². The third kappa shape index (κ3) is 6.35. The second-order valence-electron chi connectivity index (χ2n) is 5.53. The summed E-state index contributed by atoms with van der Waals surface area (Å²) in [5.74, 6) is 0.186. The Kier molecular flexibility index (Phi) is 7.90. The second-order valence-corrected chi connectivity index (χ2v) is 6.86. The Morgan fingerprint density at radius 3 is 2.92 bits per heavy atom. The normalized spacial score (nSPS) is 16.0. The molecule has 6 nitrogen and oxygen atoms in total. The molecule has 1 aromatic rings. The van der Waals surface area contributed by atoms with Crippen LogP contribution in [0.2, 0.25) is 0 Å². The Hall–Kier alpha value is -1.22. The number of thiocarbonyl (C=S) groups is 1. The monoisotopic (exact) mass is 414 g/mol. The zero-order valence-corrected chi connectivity index (χ0v) is 16.1. The van der Waals surface area contributed by atoms with Crippen LogP contribution in [0.1, 0.15) is 18.9 Å². The summed E-state index contributed by atoms with van der Waals surface area (Å²) in [6.07, 6.45) is 1.01. The fourth-order valence-corrected chi connectivity index (χ4v) is 2.87. The molecule has 24 heavy (non-hydrogen) atoms. The van der Waals surface area contributed by atoms with Gasteiger partial charge < -0.3 is 15.2 Å². The zero-order chi connectivity index (χ0) is 17.4. The molecule has 0 aliphatic carbocycles. The second kappa shape index (κ2) is 9.93. The zero-order valence-electron chi connectivity index (χ0n) is 13.7. The molecule has 0 unspecified atom stereocenters. The smallest absolute Gasteiger partial charge is 0.186 e. The van der Waals surface area contributed by atoms with Crippen LogP contribution in [0, 0.1) is 0 Å². The number of morpholine rings is 1. The van der Waals surface area contributed by atoms with E-state index in [2.05, 4.69) is 36.7 Å². The number of hydrogen-bond donors (Lipinski definition) is 3. The largest absolute Gasteiger partial charge is 0.507 e. The Labute approximate surface area is 156 Å². The Bertz CT molecular complexity index is 591. The summed E-state index contributed by atoms with van der Waals surface area (Å²) >= 11 is 8.60. The molecule has 3 N–H and O–H groups in total. The van der Waals surface area contributed by atoms with Crippen LogP contribution in [0.3, 0.4) is 0 Å². The molecule has 0 bridgehead atoms. The predicted molar refractivity (Wildman–Crippen MR) is 104 cm³/mol. The molecule has 0 atom stereocenters. The minimum Gasteiger partial charge on any atom is -0.507 e. The molecule has 1 saturated heterocycles. The number of nitrogens with one attached hydrogen (secondary N) is 2. The summed E-state index contributed by atoms with van der Waals surface area (Å²) in [6, 6.07) is 5.22. The first-order valence-corrected chi connectivity index (χ1v) is 9.13. The van der Waals surface area contributed by atoms with E-state index in [4.69, 9.17) is 17.0 Å². The number of nitrogens with zero attached hydrogens (tertiary/aromatic N) is 2. The van der Waals surface area contributed by atoms with E-state index in [9.17, 15) is 5.11 Å². The number of benzene rings is 1. The van der Waals surface area contributed by atoms with Gasteiger partial charge in [-0.25, -0.2) is 0 Å². The van der Waals surface area contributed by atoms with Gasteiger partial charge in [0.15, 0.2) is 5.11 Å². The number of phenols is 1. The number of hydrogen-bond acceptors (Lipinski definition) is 5. The fraction of sp³-hybridized carbons (Fsp3) is 0.500. The van der Waals surface area contributed by atoms with E-state index in [-0.39, 0.29) is 5.75 Å². The van der Waals surface area contributed by atoms with Crippen LogP contribution >= 0.6 is 28.1 Å². The van der Waals surface area contributed by atoms with Gasteiger partial charge in [0.25, 0.3) is 0 Å². The van der Waals surface area contributed by atoms with Gasteiger partial charge in [-0.05, 0) is 50.3 Å². The lowest BCUT2D eigenvalue weighted by Gasteiger charge is -2.26. The van der Waals surface area contributed by atoms with Crippen molar-refractivity contribution in [3.05, 3.63) is 28.2 Å². The molecule has 1 aliphatic heterocycles. The van der Waals surface area contributed by atoms with Crippen LogP contribution < -0.4 is 10.7 Å². The first-order chi connectivity index (χ1) is 11.6. The number of hydrazone groups is 1. The summed E-state index contributed by atoms with van der Waals surface area (Å²) in [5, 5.41) is 17.7. The third-order valence-corrected chi connectivity index (χ3v) is 4.44. The highest BCUT2D eigenvalue weighted by Crippen LogP contribution is 2.22. The van der Waals surface area contributed by atoms with Crippen molar-refractivity contribution in [2.75, 3.05) is 39.4 Å². The van der Waals surface area contributed by atoms with Crippen molar-refractivity contribution in [1.29, 1.82) is 0 Å². The molecule has 8 heteroatoms. The topological polar surface area (TPSA) is 69.1 Å². The Morgan fingerprint density at radius 1 is 1.42 bits per heavy atom. The molecule has 0 spiro atoms. The van der Waals surface area contributed by atoms with Gasteiger partial charge in [0.2, 0.25) is 0 Å². The molecule has 132 valence electrons. The molecule has 1 aliphatic rings. The van der Waals surface area contributed by atoms with Gasteiger partial charge in [-0.1, -0.05) is 15.9 Å². The summed E-state index contributed by atoms with van der Waals surface area (Å²) in [5.41, 5.74) is 4.13. The van der Waals surface area contributed by atoms with E-state index in [0.29, 0.717) is 16.4 Å². The van der Waals surface area contributed by atoms with E-state index in [0.717, 1.165) is 50.3 Å². The van der Waals surface area contributed by atoms with Gasteiger partial charge in [0.1, 0.15) is 5.75 Å². The molecule has 2 rings (SSSR count). The van der Waals surface area contributed by atoms with Crippen molar-refractivity contribution in [3.8, 4) is 5.75 Å². The van der Waals surface area contributed by atoms with Crippen LogP contribution in [0.15, 0.2) is 27.8 Å². The van der Waals surface area contributed by atoms with Crippen LogP contribution in [0.4, 0.5) is 0 Å². The molecular weight excluding hydrogens is 392 g/mol. The van der Waals surface area contributed by atoms with E-state index in [1.807, 2.05) is 13.0 Å². The highest BCUT2D eigenvalue weighted by atomic mass is 79.9. The minimum atomic E-state index is 0.186. The van der Waals surface area contributed by atoms with Gasteiger partial charge in [-0.3, -0.25) is 10.3 Å². The van der Waals surface area contributed by atoms with Crippen molar-refractivity contribution in [1.82, 2.24) is 15.6 Å². The lowest BCUT2D eigenvalue weighted by atomic mass is 10.1. The van der Waals surface area contributed by atoms with E-state index in [1.54, 1.807) is 12.1 Å². The average molecular weight is 415 g/mol. The number of rotatable bonds is 6. The number of phenolic OH excluding ortho intramolecular Hbond substituents is 1. The van der Waals surface area contributed by atoms with E-state index in [1.165, 1.54) is 0 Å². The van der Waals surface area contributed by atoms with Crippen molar-refractivity contribution < 1.29 is 9.84 Å². The SMILES string of the molecule is C/C(=N\NC(=S)NCCCN1CCOCC1)c1cc(Br)ccc1O. The number of halogens is 1. The van der Waals surface area contributed by atoms with Gasteiger partial charge in [0.05, 0.1) is 18.9 Å². The highest BCUT2D eigenvalue weighted by Gasteiger charge is 2.09. The van der Waals surface area contributed by atoms with Crippen LogP contribution in [-0.2, 0) is 4.74 Å². The fourth-order valence-electron chi connectivity index (χ4n) is 2.36. The lowest BCUT2D eigenvalue weighted by Crippen LogP contribution is -2.39. The third-order valence-electron chi connectivity index (χ3n) is 3.71. The number of ether oxygens (including phenoxy) is 1. The van der Waals surface area contributed by atoms with Crippen molar-refractivity contribution in [2.45, 2.75) is 13.3 Å². The van der Waals surface area contributed by atoms with Crippen molar-refractivity contribution >= 4 is 39.0 Å². The average Bonchev–Trinajstić information content (AvgIpc) is 2.59. The molecule has 0 saturated carbocycles. The summed E-state index contributed by atoms with van der Waals surface area (Å²) in [4.78, 5) is 2.39. The number of aromatic hydroxyl groups is 1. The molecule has 1 aromatic carbocycles. The molecule has 0 radical (unpaired) electrons. The Balaban J connectivity index is 1.70. The maximum absolute atomic E-state index is 9.88. The molecule has 0 amide bonds. The summed E-state index contributed by atoms with van der Waals surface area (Å²) in [6.45, 7) is 7.29. The first kappa shape index (κ1) is 19.1. The van der Waals surface area contributed by atoms with Crippen molar-refractivity contribution in [3.63, 3.8) is 0 Å². The van der Waals surface area contributed by atoms with Crippen LogP contribution in [0.5, 0.6) is 5.75 Å². The first-order valence-electron chi connectivity index (χ1n) is 7.93. The van der Waals surface area contributed by atoms with Gasteiger partial charge in [-0.15, -0.1) is 0 Å². The molecule has 1 fully saturated rings. The summed E-state index contributed by atoms with van der Waals surface area (Å²) < 4.78 is 6.21. The molecular formula is C16H23BrN4O2S. The molecule has 0 aromatic heterocycles. The quantitative estimate of drug-likeness (QED) is 0.286. The standard InChI is InChI=1S/C16H23BrN4O2S/c1-12(14-11-13(17)3-4-15(14)22)19-20-16(24)18-5-2-6-21-7-9-23-10-8-21/h3-4,11,22H,2,5-10H2,1H3,(H2,18,20,24)/b19-12+. The van der Waals surface area contributed by atoms with Crippen LogP contribution in [0.25, 0.3) is 0 Å². The lowest BCUT2D eigenvalue weighted by molar-refractivity contribution is 0.0376. The van der Waals surface area contributed by atoms with Gasteiger partial charge >= 0.3 is 0 Å². The maximum Gasteiger partial charge on any atom is 0.186 e. The highest BCUT2D eigenvalue weighted by molar-refractivity contribution is 9.10. The maximum atomic E-state index is 9.88. The van der Waals surface area contributed by atoms with Crippen LogP contribution in [-0.4, -0.2) is 60.2 Å². The predicted octanol–water partition coefficient (Wildman–Crippen LogP) is 2.07. The minimum absolute atomic E-state index is 0.186. The summed E-state index contributed by atoms with van der Waals surface area (Å²) in [7, 11) is 0. The molecule has 1 heterocycles. The van der Waals surface area contributed by atoms with Crippen molar-refractivity contribution in [2.24, 2.45) is 5.10 Å². The van der Waals surface area contributed by atoms with Gasteiger partial charge in [0, 0.05) is 29.7 Å².